The van der Waals surface area contributed by atoms with Crippen molar-refractivity contribution in [2.45, 2.75) is 64.8 Å². The highest BCUT2D eigenvalue weighted by atomic mass is 16.6. The molecule has 2 saturated heterocycles. The van der Waals surface area contributed by atoms with Crippen molar-refractivity contribution in [3.05, 3.63) is 35.4 Å². The van der Waals surface area contributed by atoms with Gasteiger partial charge in [0.1, 0.15) is 5.60 Å². The minimum atomic E-state index is -0.511. The molecule has 0 saturated carbocycles. The summed E-state index contributed by atoms with van der Waals surface area (Å²) in [5.41, 5.74) is 1.46. The molecule has 7 heteroatoms. The number of carbonyl (C=O) groups excluding carboxylic acids is 2. The number of hydrogen-bond donors (Lipinski definition) is 1. The largest absolute Gasteiger partial charge is 0.444 e. The number of nitrogens with one attached hydrogen (secondary N) is 1. The Morgan fingerprint density at radius 1 is 1.06 bits per heavy atom. The van der Waals surface area contributed by atoms with Crippen molar-refractivity contribution in [1.82, 2.24) is 20.0 Å². The van der Waals surface area contributed by atoms with Gasteiger partial charge in [-0.05, 0) is 65.3 Å². The summed E-state index contributed by atoms with van der Waals surface area (Å²) in [6.45, 7) is 13.5. The molecule has 3 rings (SSSR count). The second-order valence-electron chi connectivity index (χ2n) is 9.99. The van der Waals surface area contributed by atoms with Crippen molar-refractivity contribution in [2.24, 2.45) is 0 Å². The van der Waals surface area contributed by atoms with Crippen LogP contribution in [-0.2, 0) is 11.3 Å². The number of alkyl carbamates (subject to hydrolysis) is 1. The Morgan fingerprint density at radius 3 is 2.29 bits per heavy atom. The summed E-state index contributed by atoms with van der Waals surface area (Å²) < 4.78 is 5.35. The number of rotatable bonds is 4. The van der Waals surface area contributed by atoms with Gasteiger partial charge in [-0.2, -0.15) is 0 Å². The molecule has 1 aromatic carbocycles. The van der Waals surface area contributed by atoms with E-state index in [1.54, 1.807) is 0 Å². The van der Waals surface area contributed by atoms with Crippen LogP contribution in [0.5, 0.6) is 0 Å². The van der Waals surface area contributed by atoms with E-state index in [0.717, 1.165) is 51.1 Å². The van der Waals surface area contributed by atoms with Crippen LogP contribution in [0, 0.1) is 0 Å². The molecule has 1 aromatic rings. The van der Waals surface area contributed by atoms with Crippen LogP contribution in [0.2, 0.25) is 0 Å². The highest BCUT2D eigenvalue weighted by Gasteiger charge is 2.31. The number of likely N-dealkylation sites (tertiary alicyclic amines) is 1. The van der Waals surface area contributed by atoms with E-state index >= 15 is 0 Å². The SMILES string of the molecule is CC1CC(NC(=O)OC(C)(C)C)CCN1C(=O)c1ccc(CN2CCN(C)CC2)cc1. The lowest BCUT2D eigenvalue weighted by atomic mass is 9.97. The van der Waals surface area contributed by atoms with Crippen LogP contribution in [0.3, 0.4) is 0 Å². The van der Waals surface area contributed by atoms with Crippen molar-refractivity contribution in [3.63, 3.8) is 0 Å². The first-order chi connectivity index (χ1) is 14.6. The van der Waals surface area contributed by atoms with Crippen LogP contribution in [0.4, 0.5) is 4.79 Å². The first-order valence-corrected chi connectivity index (χ1v) is 11.4. The predicted octanol–water partition coefficient (Wildman–Crippen LogP) is 2.95. The molecule has 2 heterocycles. The molecule has 0 aromatic heterocycles. The van der Waals surface area contributed by atoms with E-state index in [0.29, 0.717) is 6.54 Å². The maximum Gasteiger partial charge on any atom is 0.407 e. The van der Waals surface area contributed by atoms with Gasteiger partial charge in [-0.3, -0.25) is 9.69 Å². The Hall–Kier alpha value is -2.12. The fourth-order valence-corrected chi connectivity index (χ4v) is 4.26. The molecule has 7 nitrogen and oxygen atoms in total. The number of carbonyl (C=O) groups is 2. The molecule has 2 amide bonds. The Balaban J connectivity index is 1.50. The molecule has 0 spiro atoms. The van der Waals surface area contributed by atoms with E-state index < -0.39 is 5.60 Å². The summed E-state index contributed by atoms with van der Waals surface area (Å²) in [7, 11) is 2.16. The summed E-state index contributed by atoms with van der Waals surface area (Å²) in [4.78, 5) is 31.8. The highest BCUT2D eigenvalue weighted by Crippen LogP contribution is 2.21. The van der Waals surface area contributed by atoms with Gasteiger partial charge >= 0.3 is 6.09 Å². The van der Waals surface area contributed by atoms with Crippen LogP contribution in [0.1, 0.15) is 56.5 Å². The lowest BCUT2D eigenvalue weighted by molar-refractivity contribution is 0.0440. The average molecular weight is 431 g/mol. The molecule has 2 atom stereocenters. The fraction of sp³-hybridized carbons (Fsp3) is 0.667. The third-order valence-corrected chi connectivity index (χ3v) is 6.06. The van der Waals surface area contributed by atoms with E-state index in [9.17, 15) is 9.59 Å². The predicted molar refractivity (Wildman–Crippen MR) is 122 cm³/mol. The van der Waals surface area contributed by atoms with E-state index in [2.05, 4.69) is 34.3 Å². The number of nitrogens with zero attached hydrogens (tertiary/aromatic N) is 3. The maximum atomic E-state index is 13.1. The second kappa shape index (κ2) is 10.0. The normalized spacial score (nSPS) is 23.5. The summed E-state index contributed by atoms with van der Waals surface area (Å²) in [5, 5.41) is 2.95. The van der Waals surface area contributed by atoms with Gasteiger partial charge in [-0.15, -0.1) is 0 Å². The minimum absolute atomic E-state index is 0.0277. The van der Waals surface area contributed by atoms with Crippen molar-refractivity contribution >= 4 is 12.0 Å². The number of amides is 2. The lowest BCUT2D eigenvalue weighted by Crippen LogP contribution is -2.51. The highest BCUT2D eigenvalue weighted by molar-refractivity contribution is 5.94. The molecule has 0 bridgehead atoms. The van der Waals surface area contributed by atoms with Gasteiger partial charge in [-0.1, -0.05) is 12.1 Å². The molecular formula is C24H38N4O3. The Morgan fingerprint density at radius 2 is 1.71 bits per heavy atom. The third-order valence-electron chi connectivity index (χ3n) is 6.06. The molecule has 0 aliphatic carbocycles. The number of piperidine rings is 1. The van der Waals surface area contributed by atoms with Crippen molar-refractivity contribution in [1.29, 1.82) is 0 Å². The second-order valence-corrected chi connectivity index (χ2v) is 9.99. The molecule has 31 heavy (non-hydrogen) atoms. The molecule has 2 aliphatic rings. The molecule has 2 aliphatic heterocycles. The molecule has 0 radical (unpaired) electrons. The third kappa shape index (κ3) is 6.94. The smallest absolute Gasteiger partial charge is 0.407 e. The Labute approximate surface area is 186 Å². The first-order valence-electron chi connectivity index (χ1n) is 11.4. The summed E-state index contributed by atoms with van der Waals surface area (Å²) in [6, 6.07) is 8.14. The van der Waals surface area contributed by atoms with Crippen LogP contribution < -0.4 is 5.32 Å². The summed E-state index contributed by atoms with van der Waals surface area (Å²) in [5.74, 6) is 0.0642. The van der Waals surface area contributed by atoms with E-state index in [1.165, 1.54) is 5.56 Å². The Kier molecular flexibility index (Phi) is 7.59. The number of ether oxygens (including phenoxy) is 1. The Bertz CT molecular complexity index is 751. The van der Waals surface area contributed by atoms with Crippen LogP contribution in [-0.4, -0.2) is 84.2 Å². The van der Waals surface area contributed by atoms with E-state index in [-0.39, 0.29) is 24.1 Å². The molecular weight excluding hydrogens is 392 g/mol. The number of piperazine rings is 1. The van der Waals surface area contributed by atoms with Crippen LogP contribution in [0.25, 0.3) is 0 Å². The molecule has 2 unspecified atom stereocenters. The van der Waals surface area contributed by atoms with Crippen molar-refractivity contribution in [2.75, 3.05) is 39.8 Å². The first kappa shape index (κ1) is 23.5. The standard InChI is InChI=1S/C24H38N4O3/c1-18-16-21(25-23(30)31-24(2,3)4)10-11-28(18)22(29)20-8-6-19(7-9-20)17-27-14-12-26(5)13-15-27/h6-9,18,21H,10-17H2,1-5H3,(H,25,30). The van der Waals surface area contributed by atoms with Crippen LogP contribution in [0.15, 0.2) is 24.3 Å². The van der Waals surface area contributed by atoms with Crippen LogP contribution >= 0.6 is 0 Å². The van der Waals surface area contributed by atoms with Gasteiger partial charge in [0.15, 0.2) is 0 Å². The maximum absolute atomic E-state index is 13.1. The van der Waals surface area contributed by atoms with Crippen molar-refractivity contribution < 1.29 is 14.3 Å². The summed E-state index contributed by atoms with van der Waals surface area (Å²) in [6.07, 6.45) is 1.07. The zero-order valence-corrected chi connectivity index (χ0v) is 19.7. The van der Waals surface area contributed by atoms with Gasteiger partial charge < -0.3 is 19.9 Å². The lowest BCUT2D eigenvalue weighted by Gasteiger charge is -2.38. The monoisotopic (exact) mass is 430 g/mol. The average Bonchev–Trinajstić information content (AvgIpc) is 2.68. The van der Waals surface area contributed by atoms with E-state index in [1.807, 2.05) is 44.7 Å². The fourth-order valence-electron chi connectivity index (χ4n) is 4.26. The quantitative estimate of drug-likeness (QED) is 0.796. The zero-order chi connectivity index (χ0) is 22.6. The van der Waals surface area contributed by atoms with Gasteiger partial charge in [0, 0.05) is 56.9 Å². The molecule has 2 fully saturated rings. The van der Waals surface area contributed by atoms with Gasteiger partial charge in [-0.25, -0.2) is 4.79 Å². The zero-order valence-electron chi connectivity index (χ0n) is 19.7. The minimum Gasteiger partial charge on any atom is -0.444 e. The van der Waals surface area contributed by atoms with Gasteiger partial charge in [0.25, 0.3) is 5.91 Å². The number of likely N-dealkylation sites (N-methyl/N-ethyl adjacent to an activating group) is 1. The van der Waals surface area contributed by atoms with E-state index in [4.69, 9.17) is 4.74 Å². The summed E-state index contributed by atoms with van der Waals surface area (Å²) >= 11 is 0. The molecule has 172 valence electrons. The number of hydrogen-bond acceptors (Lipinski definition) is 5. The topological polar surface area (TPSA) is 65.1 Å². The number of benzene rings is 1. The van der Waals surface area contributed by atoms with Crippen molar-refractivity contribution in [3.8, 4) is 0 Å². The van der Waals surface area contributed by atoms with Gasteiger partial charge in [0.2, 0.25) is 0 Å². The molecule has 1 N–H and O–H groups in total. The van der Waals surface area contributed by atoms with Gasteiger partial charge in [0.05, 0.1) is 0 Å².